The quantitative estimate of drug-likeness (QED) is 0.601. The Kier molecular flexibility index (Phi) is 5.44. The van der Waals surface area contributed by atoms with Crippen molar-refractivity contribution in [2.75, 3.05) is 13.1 Å². The van der Waals surface area contributed by atoms with Crippen LogP contribution in [0.15, 0.2) is 35.5 Å². The molecule has 4 heteroatoms. The lowest BCUT2D eigenvalue weighted by molar-refractivity contribution is -0.137. The Labute approximate surface area is 198 Å². The van der Waals surface area contributed by atoms with Crippen molar-refractivity contribution in [3.63, 3.8) is 0 Å². The minimum Gasteiger partial charge on any atom is -0.391 e. The minimum absolute atomic E-state index is 0.0341. The van der Waals surface area contributed by atoms with E-state index in [-0.39, 0.29) is 11.5 Å². The van der Waals surface area contributed by atoms with Crippen molar-refractivity contribution in [2.24, 2.45) is 39.7 Å². The van der Waals surface area contributed by atoms with Crippen LogP contribution < -0.4 is 5.32 Å². The summed E-state index contributed by atoms with van der Waals surface area (Å²) in [6.07, 6.45) is 10.3. The van der Waals surface area contributed by atoms with Crippen molar-refractivity contribution in [3.05, 3.63) is 35.9 Å². The highest BCUT2D eigenvalue weighted by Crippen LogP contribution is 2.67. The van der Waals surface area contributed by atoms with Gasteiger partial charge in [-0.15, -0.1) is 0 Å². The highest BCUT2D eigenvalue weighted by atomic mass is 16.6. The van der Waals surface area contributed by atoms with Crippen molar-refractivity contribution in [1.82, 2.24) is 5.32 Å². The molecular weight excluding hydrogens is 408 g/mol. The normalized spacial score (nSPS) is 46.0. The number of hydrogen-bond acceptors (Lipinski definition) is 4. The van der Waals surface area contributed by atoms with Gasteiger partial charge in [0.05, 0.1) is 5.71 Å². The van der Waals surface area contributed by atoms with Gasteiger partial charge in [0.2, 0.25) is 0 Å². The predicted molar refractivity (Wildman–Crippen MR) is 131 cm³/mol. The van der Waals surface area contributed by atoms with Crippen LogP contribution >= 0.6 is 0 Å². The van der Waals surface area contributed by atoms with E-state index in [0.717, 1.165) is 57.0 Å². The average Bonchev–Trinajstić information content (AvgIpc) is 3.45. The maximum absolute atomic E-state index is 12.8. The fourth-order valence-corrected chi connectivity index (χ4v) is 9.01. The van der Waals surface area contributed by atoms with Crippen LogP contribution in [0.25, 0.3) is 0 Å². The van der Waals surface area contributed by atoms with E-state index in [4.69, 9.17) is 9.99 Å². The molecule has 6 rings (SSSR count). The summed E-state index contributed by atoms with van der Waals surface area (Å²) in [6, 6.07) is 11.1. The Morgan fingerprint density at radius 1 is 0.939 bits per heavy atom. The number of carbonyl (C=O) groups excluding carboxylic acids is 1. The molecule has 8 atom stereocenters. The molecule has 178 valence electrons. The summed E-state index contributed by atoms with van der Waals surface area (Å²) in [7, 11) is 0. The molecule has 1 N–H and O–H groups in total. The molecule has 4 nitrogen and oxygen atoms in total. The largest absolute Gasteiger partial charge is 0.391 e. The number of benzene rings is 1. The maximum Gasteiger partial charge on any atom is 0.141 e. The number of Topliss-reactive ketones (excluding diaryl/α,β-unsaturated/α-hetero) is 1. The zero-order valence-electron chi connectivity index (χ0n) is 20.4. The molecule has 1 saturated heterocycles. The molecule has 0 spiro atoms. The Bertz CT molecular complexity index is 923. The lowest BCUT2D eigenvalue weighted by Gasteiger charge is -2.61. The molecule has 6 unspecified atom stereocenters. The zero-order valence-corrected chi connectivity index (χ0v) is 20.4. The van der Waals surface area contributed by atoms with Gasteiger partial charge in [-0.05, 0) is 86.1 Å². The predicted octanol–water partition coefficient (Wildman–Crippen LogP) is 5.73. The lowest BCUT2D eigenvalue weighted by atomic mass is 9.43. The van der Waals surface area contributed by atoms with Gasteiger partial charge in [-0.2, -0.15) is 0 Å². The molecule has 1 aliphatic heterocycles. The number of nitrogens with zero attached hydrogens (tertiary/aromatic N) is 1. The van der Waals surface area contributed by atoms with Crippen LogP contribution in [0.4, 0.5) is 0 Å². The standard InChI is InChI=1S/C29H40N2O2/c1-28-16-13-25(31-33-20-14-17-30-18-20)27(19-6-4-3-5-7-19)24(28)9-8-21-22-10-11-26(32)29(22,2)15-12-23(21)28/h3-7,20-24,27,30H,8-18H2,1-2H3/t20?,21?,22?,23?,24?,27?,28-,29+/m1/s1. The molecule has 0 aromatic heterocycles. The second-order valence-electron chi connectivity index (χ2n) is 12.2. The highest BCUT2D eigenvalue weighted by molar-refractivity contribution is 5.92. The molecule has 4 saturated carbocycles. The SMILES string of the molecule is C[C@]12CCC(=NOC3CCNC3)C(c3ccccc3)C1CCC1C2CC[C@]2(C)C(=O)CCC12. The number of oxime groups is 1. The van der Waals surface area contributed by atoms with Crippen LogP contribution in [-0.2, 0) is 9.63 Å². The summed E-state index contributed by atoms with van der Waals surface area (Å²) in [4.78, 5) is 18.9. The van der Waals surface area contributed by atoms with Crippen molar-refractivity contribution in [3.8, 4) is 0 Å². The van der Waals surface area contributed by atoms with Gasteiger partial charge in [-0.3, -0.25) is 4.79 Å². The molecule has 4 aliphatic carbocycles. The van der Waals surface area contributed by atoms with Crippen molar-refractivity contribution >= 4 is 11.5 Å². The van der Waals surface area contributed by atoms with Gasteiger partial charge in [-0.1, -0.05) is 49.3 Å². The summed E-state index contributed by atoms with van der Waals surface area (Å²) < 4.78 is 0. The topological polar surface area (TPSA) is 50.7 Å². The monoisotopic (exact) mass is 448 g/mol. The van der Waals surface area contributed by atoms with Gasteiger partial charge in [0.15, 0.2) is 0 Å². The van der Waals surface area contributed by atoms with E-state index in [1.54, 1.807) is 0 Å². The van der Waals surface area contributed by atoms with E-state index >= 15 is 0 Å². The van der Waals surface area contributed by atoms with Crippen LogP contribution in [-0.4, -0.2) is 30.7 Å². The molecule has 0 bridgehead atoms. The van der Waals surface area contributed by atoms with E-state index in [1.165, 1.54) is 37.0 Å². The Morgan fingerprint density at radius 3 is 2.58 bits per heavy atom. The second kappa shape index (κ2) is 8.22. The van der Waals surface area contributed by atoms with Crippen molar-refractivity contribution in [2.45, 2.75) is 83.7 Å². The summed E-state index contributed by atoms with van der Waals surface area (Å²) in [5, 5.41) is 8.25. The zero-order chi connectivity index (χ0) is 22.6. The molecule has 1 aromatic rings. The van der Waals surface area contributed by atoms with Crippen molar-refractivity contribution in [1.29, 1.82) is 0 Å². The summed E-state index contributed by atoms with van der Waals surface area (Å²) >= 11 is 0. The van der Waals surface area contributed by atoms with Gasteiger partial charge in [0, 0.05) is 30.7 Å². The first kappa shape index (κ1) is 21.8. The van der Waals surface area contributed by atoms with E-state index in [2.05, 4.69) is 49.5 Å². The molecular formula is C29H40N2O2. The van der Waals surface area contributed by atoms with Gasteiger partial charge in [0.25, 0.3) is 0 Å². The fourth-order valence-electron chi connectivity index (χ4n) is 9.01. The van der Waals surface area contributed by atoms with Crippen LogP contribution in [0.3, 0.4) is 0 Å². The summed E-state index contributed by atoms with van der Waals surface area (Å²) in [6.45, 7) is 6.84. The Morgan fingerprint density at radius 2 is 1.79 bits per heavy atom. The lowest BCUT2D eigenvalue weighted by Crippen LogP contribution is -2.55. The first-order valence-electron chi connectivity index (χ1n) is 13.5. The van der Waals surface area contributed by atoms with E-state index < -0.39 is 0 Å². The molecule has 5 fully saturated rings. The van der Waals surface area contributed by atoms with E-state index in [9.17, 15) is 4.79 Å². The van der Waals surface area contributed by atoms with Crippen LogP contribution in [0.2, 0.25) is 0 Å². The van der Waals surface area contributed by atoms with Gasteiger partial charge >= 0.3 is 0 Å². The Hall–Kier alpha value is -1.68. The third-order valence-electron chi connectivity index (χ3n) is 10.8. The Balaban J connectivity index is 1.32. The molecule has 0 amide bonds. The first-order valence-corrected chi connectivity index (χ1v) is 13.5. The van der Waals surface area contributed by atoms with Crippen LogP contribution in [0, 0.1) is 34.5 Å². The van der Waals surface area contributed by atoms with Crippen LogP contribution in [0.5, 0.6) is 0 Å². The fraction of sp³-hybridized carbons (Fsp3) is 0.724. The smallest absolute Gasteiger partial charge is 0.141 e. The van der Waals surface area contributed by atoms with E-state index in [0.29, 0.717) is 29.0 Å². The summed E-state index contributed by atoms with van der Waals surface area (Å²) in [5.41, 5.74) is 2.97. The number of ketones is 1. The third-order valence-corrected chi connectivity index (χ3v) is 10.8. The molecule has 33 heavy (non-hydrogen) atoms. The van der Waals surface area contributed by atoms with Crippen molar-refractivity contribution < 1.29 is 9.63 Å². The van der Waals surface area contributed by atoms with Gasteiger partial charge < -0.3 is 10.2 Å². The second-order valence-corrected chi connectivity index (χ2v) is 12.2. The first-order chi connectivity index (χ1) is 16.0. The van der Waals surface area contributed by atoms with Gasteiger partial charge in [0.1, 0.15) is 11.9 Å². The highest BCUT2D eigenvalue weighted by Gasteiger charge is 2.61. The number of carbonyl (C=O) groups is 1. The molecule has 5 aliphatic rings. The number of fused-ring (bicyclic) bond motifs is 5. The maximum atomic E-state index is 12.8. The van der Waals surface area contributed by atoms with Gasteiger partial charge in [-0.25, -0.2) is 0 Å². The minimum atomic E-state index is -0.0341. The van der Waals surface area contributed by atoms with E-state index in [1.807, 2.05) is 0 Å². The molecule has 1 aromatic carbocycles. The molecule has 1 heterocycles. The average molecular weight is 449 g/mol. The van der Waals surface area contributed by atoms with Crippen LogP contribution in [0.1, 0.15) is 83.1 Å². The number of nitrogens with one attached hydrogen (secondary N) is 1. The summed E-state index contributed by atoms with van der Waals surface area (Å²) in [5.74, 6) is 3.61. The number of rotatable bonds is 3. The molecule has 0 radical (unpaired) electrons. The third kappa shape index (κ3) is 3.42. The number of hydrogen-bond donors (Lipinski definition) is 1.